The lowest BCUT2D eigenvalue weighted by Crippen LogP contribution is -1.97. The summed E-state index contributed by atoms with van der Waals surface area (Å²) in [5.74, 6) is -0.407. The summed E-state index contributed by atoms with van der Waals surface area (Å²) in [6, 6.07) is 4.70. The first-order valence-electron chi connectivity index (χ1n) is 4.23. The molecule has 1 aromatic heterocycles. The number of nitrogens with zero attached hydrogens (tertiary/aromatic N) is 2. The highest BCUT2D eigenvalue weighted by molar-refractivity contribution is 5.47. The third kappa shape index (κ3) is 1.35. The minimum Gasteiger partial charge on any atom is -0.396 e. The molecule has 0 aliphatic heterocycles. The molecule has 0 amide bonds. The zero-order valence-corrected chi connectivity index (χ0v) is 7.74. The number of nitrogens with two attached hydrogens (primary N) is 1. The molecule has 3 nitrogen and oxygen atoms in total. The Kier molecular flexibility index (Phi) is 1.96. The molecule has 1 aromatic carbocycles. The molecule has 0 aliphatic carbocycles. The normalized spacial score (nSPS) is 10.4. The SMILES string of the molecule is Cc1cncn1-c1ccc(N)c(F)c1. The van der Waals surface area contributed by atoms with Crippen molar-refractivity contribution in [3.05, 3.63) is 42.2 Å². The zero-order chi connectivity index (χ0) is 10.1. The number of aryl methyl sites for hydroxylation is 1. The fraction of sp³-hybridized carbons (Fsp3) is 0.100. The number of benzene rings is 1. The molecule has 2 aromatic rings. The van der Waals surface area contributed by atoms with Crippen LogP contribution in [0, 0.1) is 12.7 Å². The summed E-state index contributed by atoms with van der Waals surface area (Å²) in [5, 5.41) is 0. The predicted octanol–water partition coefficient (Wildman–Crippen LogP) is 1.90. The molecular formula is C10H10FN3. The lowest BCUT2D eigenvalue weighted by atomic mass is 10.2. The smallest absolute Gasteiger partial charge is 0.148 e. The summed E-state index contributed by atoms with van der Waals surface area (Å²) in [7, 11) is 0. The summed E-state index contributed by atoms with van der Waals surface area (Å²) < 4.78 is 14.9. The van der Waals surface area contributed by atoms with Gasteiger partial charge in [0.1, 0.15) is 5.82 Å². The van der Waals surface area contributed by atoms with Gasteiger partial charge in [-0.1, -0.05) is 0 Å². The molecule has 0 radical (unpaired) electrons. The standard InChI is InChI=1S/C10H10FN3/c1-7-5-13-6-14(7)8-2-3-10(12)9(11)4-8/h2-6H,12H2,1H3. The Morgan fingerprint density at radius 2 is 2.21 bits per heavy atom. The molecule has 0 saturated carbocycles. The van der Waals surface area contributed by atoms with Crippen molar-refractivity contribution in [3.63, 3.8) is 0 Å². The van der Waals surface area contributed by atoms with Gasteiger partial charge in [-0.3, -0.25) is 0 Å². The highest BCUT2D eigenvalue weighted by Gasteiger charge is 2.03. The largest absolute Gasteiger partial charge is 0.396 e. The summed E-state index contributed by atoms with van der Waals surface area (Å²) in [5.41, 5.74) is 7.22. The number of hydrogen-bond acceptors (Lipinski definition) is 2. The third-order valence-corrected chi connectivity index (χ3v) is 2.09. The molecule has 0 bridgehead atoms. The van der Waals surface area contributed by atoms with Crippen LogP contribution in [0.25, 0.3) is 5.69 Å². The minimum absolute atomic E-state index is 0.159. The summed E-state index contributed by atoms with van der Waals surface area (Å²) >= 11 is 0. The Labute approximate surface area is 81.0 Å². The van der Waals surface area contributed by atoms with Crippen molar-refractivity contribution in [3.8, 4) is 5.69 Å². The molecule has 2 N–H and O–H groups in total. The van der Waals surface area contributed by atoms with Crippen molar-refractivity contribution in [2.75, 3.05) is 5.73 Å². The number of halogens is 1. The van der Waals surface area contributed by atoms with Gasteiger partial charge in [0.25, 0.3) is 0 Å². The van der Waals surface area contributed by atoms with Crippen molar-refractivity contribution >= 4 is 5.69 Å². The summed E-state index contributed by atoms with van der Waals surface area (Å²) in [4.78, 5) is 3.96. The van der Waals surface area contributed by atoms with Crippen molar-refractivity contribution in [2.45, 2.75) is 6.92 Å². The number of aromatic nitrogens is 2. The molecule has 2 rings (SSSR count). The van der Waals surface area contributed by atoms with Crippen molar-refractivity contribution in [1.29, 1.82) is 0 Å². The highest BCUT2D eigenvalue weighted by Crippen LogP contribution is 2.16. The first-order valence-corrected chi connectivity index (χ1v) is 4.23. The van der Waals surface area contributed by atoms with Crippen LogP contribution < -0.4 is 5.73 Å². The fourth-order valence-corrected chi connectivity index (χ4v) is 1.30. The summed E-state index contributed by atoms with van der Waals surface area (Å²) in [6.07, 6.45) is 3.36. The van der Waals surface area contributed by atoms with E-state index in [9.17, 15) is 4.39 Å². The maximum absolute atomic E-state index is 13.1. The number of hydrogen-bond donors (Lipinski definition) is 1. The van der Waals surface area contributed by atoms with Gasteiger partial charge >= 0.3 is 0 Å². The van der Waals surface area contributed by atoms with Gasteiger partial charge in [-0.15, -0.1) is 0 Å². The monoisotopic (exact) mass is 191 g/mol. The maximum Gasteiger partial charge on any atom is 0.148 e. The van der Waals surface area contributed by atoms with E-state index in [-0.39, 0.29) is 5.69 Å². The molecule has 4 heteroatoms. The number of rotatable bonds is 1. The predicted molar refractivity (Wildman–Crippen MR) is 52.7 cm³/mol. The molecule has 0 saturated heterocycles. The Hall–Kier alpha value is -1.84. The molecule has 0 unspecified atom stereocenters. The van der Waals surface area contributed by atoms with Crippen LogP contribution in [-0.4, -0.2) is 9.55 Å². The second-order valence-corrected chi connectivity index (χ2v) is 3.11. The molecular weight excluding hydrogens is 181 g/mol. The zero-order valence-electron chi connectivity index (χ0n) is 7.74. The van der Waals surface area contributed by atoms with E-state index in [0.29, 0.717) is 0 Å². The van der Waals surface area contributed by atoms with Gasteiger partial charge in [-0.05, 0) is 19.1 Å². The number of nitrogen functional groups attached to an aromatic ring is 1. The van der Waals surface area contributed by atoms with E-state index in [4.69, 9.17) is 5.73 Å². The van der Waals surface area contributed by atoms with E-state index < -0.39 is 5.82 Å². The van der Waals surface area contributed by atoms with Crippen LogP contribution in [0.15, 0.2) is 30.7 Å². The highest BCUT2D eigenvalue weighted by atomic mass is 19.1. The van der Waals surface area contributed by atoms with E-state index in [1.807, 2.05) is 6.92 Å². The van der Waals surface area contributed by atoms with Crippen LogP contribution in [0.5, 0.6) is 0 Å². The number of anilines is 1. The van der Waals surface area contributed by atoms with Gasteiger partial charge in [0.15, 0.2) is 0 Å². The lowest BCUT2D eigenvalue weighted by Gasteiger charge is -2.05. The molecule has 0 aliphatic rings. The second-order valence-electron chi connectivity index (χ2n) is 3.11. The van der Waals surface area contributed by atoms with Gasteiger partial charge in [-0.25, -0.2) is 9.37 Å². The van der Waals surface area contributed by atoms with Crippen LogP contribution in [0.3, 0.4) is 0 Å². The molecule has 0 fully saturated rings. The Bertz CT molecular complexity index is 462. The maximum atomic E-state index is 13.1. The van der Waals surface area contributed by atoms with Gasteiger partial charge in [0.2, 0.25) is 0 Å². The Morgan fingerprint density at radius 3 is 2.79 bits per heavy atom. The average Bonchev–Trinajstić information content (AvgIpc) is 2.57. The molecule has 1 heterocycles. The Balaban J connectivity index is 2.53. The van der Waals surface area contributed by atoms with Crippen LogP contribution in [-0.2, 0) is 0 Å². The van der Waals surface area contributed by atoms with E-state index in [2.05, 4.69) is 4.98 Å². The summed E-state index contributed by atoms with van der Waals surface area (Å²) in [6.45, 7) is 1.90. The topological polar surface area (TPSA) is 43.8 Å². The van der Waals surface area contributed by atoms with Crippen molar-refractivity contribution in [2.24, 2.45) is 0 Å². The van der Waals surface area contributed by atoms with Gasteiger partial charge in [-0.2, -0.15) is 0 Å². The van der Waals surface area contributed by atoms with Crippen LogP contribution in [0.2, 0.25) is 0 Å². The van der Waals surface area contributed by atoms with Gasteiger partial charge in [0.05, 0.1) is 12.0 Å². The minimum atomic E-state index is -0.407. The van der Waals surface area contributed by atoms with Crippen molar-refractivity contribution < 1.29 is 4.39 Å². The van der Waals surface area contributed by atoms with E-state index in [1.165, 1.54) is 6.07 Å². The first-order chi connectivity index (χ1) is 6.68. The van der Waals surface area contributed by atoms with Gasteiger partial charge in [0, 0.05) is 23.6 Å². The van der Waals surface area contributed by atoms with E-state index >= 15 is 0 Å². The van der Waals surface area contributed by atoms with Crippen LogP contribution >= 0.6 is 0 Å². The molecule has 0 atom stereocenters. The fourth-order valence-electron chi connectivity index (χ4n) is 1.30. The molecule has 14 heavy (non-hydrogen) atoms. The third-order valence-electron chi connectivity index (χ3n) is 2.09. The van der Waals surface area contributed by atoms with Crippen LogP contribution in [0.1, 0.15) is 5.69 Å². The second kappa shape index (κ2) is 3.14. The van der Waals surface area contributed by atoms with Crippen LogP contribution in [0.4, 0.5) is 10.1 Å². The van der Waals surface area contributed by atoms with Gasteiger partial charge < -0.3 is 10.3 Å². The van der Waals surface area contributed by atoms with E-state index in [0.717, 1.165) is 11.4 Å². The average molecular weight is 191 g/mol. The number of imidazole rings is 1. The quantitative estimate of drug-likeness (QED) is 0.699. The first kappa shape index (κ1) is 8.74. The Morgan fingerprint density at radius 1 is 1.43 bits per heavy atom. The lowest BCUT2D eigenvalue weighted by molar-refractivity contribution is 0.631. The molecule has 72 valence electrons. The molecule has 0 spiro atoms. The van der Waals surface area contributed by atoms with E-state index in [1.54, 1.807) is 29.2 Å². The van der Waals surface area contributed by atoms with Crippen molar-refractivity contribution in [1.82, 2.24) is 9.55 Å².